The van der Waals surface area contributed by atoms with Crippen LogP contribution in [0.25, 0.3) is 10.4 Å². The van der Waals surface area contributed by atoms with E-state index in [0.717, 1.165) is 5.56 Å². The molecule has 0 aliphatic carbocycles. The van der Waals surface area contributed by atoms with E-state index in [9.17, 15) is 4.79 Å². The van der Waals surface area contributed by atoms with Crippen LogP contribution in [0.3, 0.4) is 0 Å². The number of hydrogen-bond donors (Lipinski definition) is 0. The minimum atomic E-state index is -0.715. The minimum Gasteiger partial charge on any atom is -0.299 e. The molecule has 0 fully saturated rings. The van der Waals surface area contributed by atoms with Gasteiger partial charge >= 0.3 is 0 Å². The number of Topliss-reactive ketones (excluding diaryl/α,β-unsaturated/α-hetero) is 1. The van der Waals surface area contributed by atoms with Gasteiger partial charge < -0.3 is 0 Å². The van der Waals surface area contributed by atoms with E-state index in [1.54, 1.807) is 6.92 Å². The first kappa shape index (κ1) is 11.3. The van der Waals surface area contributed by atoms with E-state index < -0.39 is 5.41 Å². The Morgan fingerprint density at radius 2 is 2.07 bits per heavy atom. The average Bonchev–Trinajstić information content (AvgIpc) is 2.27. The van der Waals surface area contributed by atoms with E-state index >= 15 is 0 Å². The maximum absolute atomic E-state index is 11.6. The van der Waals surface area contributed by atoms with Gasteiger partial charge in [0.25, 0.3) is 0 Å². The molecule has 0 saturated heterocycles. The van der Waals surface area contributed by atoms with Crippen molar-refractivity contribution in [3.63, 3.8) is 0 Å². The summed E-state index contributed by atoms with van der Waals surface area (Å²) < 4.78 is 0. The molecular formula is C11H13N3O. The smallest absolute Gasteiger partial charge is 0.140 e. The van der Waals surface area contributed by atoms with Crippen LogP contribution in [0.15, 0.2) is 35.4 Å². The van der Waals surface area contributed by atoms with E-state index in [2.05, 4.69) is 10.0 Å². The van der Waals surface area contributed by atoms with Crippen LogP contribution in [0.5, 0.6) is 0 Å². The Hall–Kier alpha value is -1.80. The third-order valence-corrected chi connectivity index (χ3v) is 2.64. The van der Waals surface area contributed by atoms with Gasteiger partial charge in [0.15, 0.2) is 0 Å². The first-order valence-electron chi connectivity index (χ1n) is 4.68. The lowest BCUT2D eigenvalue weighted by atomic mass is 9.79. The summed E-state index contributed by atoms with van der Waals surface area (Å²) in [5, 5.41) is 3.50. The van der Waals surface area contributed by atoms with Crippen LogP contribution in [0.4, 0.5) is 0 Å². The van der Waals surface area contributed by atoms with E-state index in [1.807, 2.05) is 30.3 Å². The number of carbonyl (C=O) groups is 1. The molecule has 0 spiro atoms. The van der Waals surface area contributed by atoms with Gasteiger partial charge in [0.2, 0.25) is 0 Å². The summed E-state index contributed by atoms with van der Waals surface area (Å²) in [6.07, 6.45) is 0. The molecule has 0 saturated carbocycles. The van der Waals surface area contributed by atoms with Gasteiger partial charge in [-0.3, -0.25) is 4.79 Å². The van der Waals surface area contributed by atoms with E-state index in [0.29, 0.717) is 0 Å². The Balaban J connectivity index is 3.12. The van der Waals surface area contributed by atoms with Crippen molar-refractivity contribution < 1.29 is 4.79 Å². The summed E-state index contributed by atoms with van der Waals surface area (Å²) in [7, 11) is 0. The second-order valence-corrected chi connectivity index (χ2v) is 3.64. The van der Waals surface area contributed by atoms with Crippen LogP contribution < -0.4 is 0 Å². The lowest BCUT2D eigenvalue weighted by Gasteiger charge is -2.24. The zero-order valence-corrected chi connectivity index (χ0v) is 8.84. The molecule has 1 rings (SSSR count). The van der Waals surface area contributed by atoms with Crippen molar-refractivity contribution in [3.05, 3.63) is 46.3 Å². The molecule has 0 radical (unpaired) electrons. The maximum atomic E-state index is 11.6. The molecule has 0 aliphatic rings. The molecule has 0 heterocycles. The summed E-state index contributed by atoms with van der Waals surface area (Å²) in [6.45, 7) is 3.46. The van der Waals surface area contributed by atoms with Crippen molar-refractivity contribution in [1.82, 2.24) is 0 Å². The first-order valence-corrected chi connectivity index (χ1v) is 4.68. The second-order valence-electron chi connectivity index (χ2n) is 3.64. The van der Waals surface area contributed by atoms with E-state index in [-0.39, 0.29) is 12.3 Å². The van der Waals surface area contributed by atoms with Crippen molar-refractivity contribution in [3.8, 4) is 0 Å². The Kier molecular flexibility index (Phi) is 3.47. The van der Waals surface area contributed by atoms with Crippen LogP contribution >= 0.6 is 0 Å². The molecular weight excluding hydrogens is 190 g/mol. The zero-order chi connectivity index (χ0) is 11.3. The van der Waals surface area contributed by atoms with Crippen LogP contribution in [0, 0.1) is 0 Å². The third kappa shape index (κ3) is 2.36. The highest BCUT2D eigenvalue weighted by molar-refractivity contribution is 5.87. The van der Waals surface area contributed by atoms with Crippen molar-refractivity contribution in [1.29, 1.82) is 0 Å². The molecule has 1 unspecified atom stereocenters. The maximum Gasteiger partial charge on any atom is 0.140 e. The first-order chi connectivity index (χ1) is 7.11. The van der Waals surface area contributed by atoms with Gasteiger partial charge in [-0.1, -0.05) is 35.4 Å². The largest absolute Gasteiger partial charge is 0.299 e. The predicted molar refractivity (Wildman–Crippen MR) is 58.5 cm³/mol. The van der Waals surface area contributed by atoms with Gasteiger partial charge in [0, 0.05) is 11.5 Å². The van der Waals surface area contributed by atoms with Crippen molar-refractivity contribution in [2.45, 2.75) is 19.3 Å². The molecule has 1 atom stereocenters. The number of ketones is 1. The Morgan fingerprint density at radius 1 is 1.47 bits per heavy atom. The molecule has 1 aromatic rings. The summed E-state index contributed by atoms with van der Waals surface area (Å²) in [6, 6.07) is 9.36. The Morgan fingerprint density at radius 3 is 2.53 bits per heavy atom. The normalized spacial score (nSPS) is 13.7. The molecule has 0 amide bonds. The van der Waals surface area contributed by atoms with Crippen LogP contribution in [0.2, 0.25) is 0 Å². The molecule has 0 aliphatic heterocycles. The molecule has 0 aromatic heterocycles. The monoisotopic (exact) mass is 203 g/mol. The average molecular weight is 203 g/mol. The SMILES string of the molecule is CC(=O)C(C)(CN=[N+]=[N-])c1ccccc1. The standard InChI is InChI=1S/C11H13N3O/c1-9(15)11(2,8-13-14-12)10-6-4-3-5-7-10/h3-7H,8H2,1-2H3. The highest BCUT2D eigenvalue weighted by atomic mass is 16.1. The highest BCUT2D eigenvalue weighted by Gasteiger charge is 2.30. The molecule has 78 valence electrons. The number of carbonyl (C=O) groups excluding carboxylic acids is 1. The van der Waals surface area contributed by atoms with Crippen molar-refractivity contribution in [2.24, 2.45) is 5.11 Å². The number of hydrogen-bond acceptors (Lipinski definition) is 2. The van der Waals surface area contributed by atoms with Gasteiger partial charge in [-0.25, -0.2) is 0 Å². The predicted octanol–water partition coefficient (Wildman–Crippen LogP) is 2.84. The third-order valence-electron chi connectivity index (χ3n) is 2.64. The van der Waals surface area contributed by atoms with E-state index in [4.69, 9.17) is 5.53 Å². The molecule has 4 nitrogen and oxygen atoms in total. The summed E-state index contributed by atoms with van der Waals surface area (Å²) in [4.78, 5) is 14.3. The zero-order valence-electron chi connectivity index (χ0n) is 8.84. The van der Waals surface area contributed by atoms with Crippen molar-refractivity contribution >= 4 is 5.78 Å². The molecule has 0 N–H and O–H groups in total. The van der Waals surface area contributed by atoms with Crippen LogP contribution in [-0.4, -0.2) is 12.3 Å². The van der Waals surface area contributed by atoms with E-state index in [1.165, 1.54) is 6.92 Å². The van der Waals surface area contributed by atoms with Gasteiger partial charge in [-0.15, -0.1) is 0 Å². The fraction of sp³-hybridized carbons (Fsp3) is 0.364. The second kappa shape index (κ2) is 4.62. The van der Waals surface area contributed by atoms with Crippen LogP contribution in [-0.2, 0) is 10.2 Å². The number of nitrogens with zero attached hydrogens (tertiary/aromatic N) is 3. The van der Waals surface area contributed by atoms with Crippen LogP contribution in [0.1, 0.15) is 19.4 Å². The van der Waals surface area contributed by atoms with Gasteiger partial charge in [-0.05, 0) is 24.9 Å². The number of benzene rings is 1. The van der Waals surface area contributed by atoms with Gasteiger partial charge in [0.1, 0.15) is 5.78 Å². The molecule has 4 heteroatoms. The molecule has 15 heavy (non-hydrogen) atoms. The fourth-order valence-corrected chi connectivity index (χ4v) is 1.38. The summed E-state index contributed by atoms with van der Waals surface area (Å²) >= 11 is 0. The van der Waals surface area contributed by atoms with Crippen molar-refractivity contribution in [2.75, 3.05) is 6.54 Å². The minimum absolute atomic E-state index is 0.00102. The Bertz CT molecular complexity index is 396. The number of rotatable bonds is 4. The fourth-order valence-electron chi connectivity index (χ4n) is 1.38. The Labute approximate surface area is 88.6 Å². The highest BCUT2D eigenvalue weighted by Crippen LogP contribution is 2.25. The quantitative estimate of drug-likeness (QED) is 0.421. The molecule has 0 bridgehead atoms. The van der Waals surface area contributed by atoms with Gasteiger partial charge in [0.05, 0.1) is 5.41 Å². The van der Waals surface area contributed by atoms with Gasteiger partial charge in [-0.2, -0.15) is 0 Å². The topological polar surface area (TPSA) is 65.8 Å². The summed E-state index contributed by atoms with van der Waals surface area (Å²) in [5.74, 6) is 0.00102. The summed E-state index contributed by atoms with van der Waals surface area (Å²) in [5.41, 5.74) is 8.47. The lowest BCUT2D eigenvalue weighted by Crippen LogP contribution is -2.33. The number of azide groups is 1. The molecule has 1 aromatic carbocycles. The lowest BCUT2D eigenvalue weighted by molar-refractivity contribution is -0.121.